The van der Waals surface area contributed by atoms with Crippen molar-refractivity contribution in [3.63, 3.8) is 0 Å². The largest absolute Gasteiger partial charge is 0.493 e. The standard InChI is InChI=1S/C20H20N6O3/c1-11-16(18(21)27)17(12-6-8-22-9-7-12)26-20(23-11)24-19(25-26)13-4-5-14(28-2)15(10-13)29-3/h4-10,17H,1-3H3,(H2,21,27)(H,23,24,25)/t17-/m0/s1. The number of methoxy groups -OCH3 is 2. The van der Waals surface area contributed by atoms with Crippen molar-refractivity contribution in [1.82, 2.24) is 19.7 Å². The van der Waals surface area contributed by atoms with E-state index in [2.05, 4.69) is 20.4 Å². The first-order valence-corrected chi connectivity index (χ1v) is 8.90. The minimum absolute atomic E-state index is 0.424. The minimum Gasteiger partial charge on any atom is -0.493 e. The smallest absolute Gasteiger partial charge is 0.248 e. The van der Waals surface area contributed by atoms with E-state index in [-0.39, 0.29) is 0 Å². The van der Waals surface area contributed by atoms with Crippen molar-refractivity contribution in [2.45, 2.75) is 13.0 Å². The first-order chi connectivity index (χ1) is 14.0. The van der Waals surface area contributed by atoms with Gasteiger partial charge in [0.05, 0.1) is 19.8 Å². The van der Waals surface area contributed by atoms with Gasteiger partial charge in [-0.05, 0) is 42.8 Å². The highest BCUT2D eigenvalue weighted by Crippen LogP contribution is 2.37. The van der Waals surface area contributed by atoms with Gasteiger partial charge in [-0.3, -0.25) is 9.78 Å². The van der Waals surface area contributed by atoms with Gasteiger partial charge in [-0.2, -0.15) is 4.98 Å². The van der Waals surface area contributed by atoms with E-state index in [1.807, 2.05) is 18.2 Å². The number of fused-ring (bicyclic) bond motifs is 1. The van der Waals surface area contributed by atoms with Gasteiger partial charge in [0.25, 0.3) is 0 Å². The van der Waals surface area contributed by atoms with Crippen LogP contribution in [0, 0.1) is 0 Å². The Morgan fingerprint density at radius 3 is 2.52 bits per heavy atom. The van der Waals surface area contributed by atoms with E-state index in [1.165, 1.54) is 0 Å². The summed E-state index contributed by atoms with van der Waals surface area (Å²) >= 11 is 0. The summed E-state index contributed by atoms with van der Waals surface area (Å²) in [6.45, 7) is 1.79. The molecule has 0 spiro atoms. The second-order valence-electron chi connectivity index (χ2n) is 6.48. The lowest BCUT2D eigenvalue weighted by atomic mass is 9.96. The number of pyridine rings is 1. The number of anilines is 1. The van der Waals surface area contributed by atoms with Crippen LogP contribution in [-0.4, -0.2) is 39.9 Å². The molecule has 0 bridgehead atoms. The van der Waals surface area contributed by atoms with Crippen LogP contribution in [0.25, 0.3) is 11.4 Å². The van der Waals surface area contributed by atoms with E-state index in [0.29, 0.717) is 34.5 Å². The third-order valence-electron chi connectivity index (χ3n) is 4.78. The molecule has 9 nitrogen and oxygen atoms in total. The lowest BCUT2D eigenvalue weighted by molar-refractivity contribution is -0.115. The van der Waals surface area contributed by atoms with Crippen molar-refractivity contribution in [1.29, 1.82) is 0 Å². The van der Waals surface area contributed by atoms with Crippen molar-refractivity contribution >= 4 is 11.9 Å². The van der Waals surface area contributed by atoms with Crippen LogP contribution in [-0.2, 0) is 4.79 Å². The van der Waals surface area contributed by atoms with Gasteiger partial charge in [0, 0.05) is 23.7 Å². The molecule has 29 heavy (non-hydrogen) atoms. The van der Waals surface area contributed by atoms with Gasteiger partial charge in [0.1, 0.15) is 6.04 Å². The number of rotatable bonds is 5. The second-order valence-corrected chi connectivity index (χ2v) is 6.48. The normalized spacial score (nSPS) is 15.5. The highest BCUT2D eigenvalue weighted by Gasteiger charge is 2.33. The number of ether oxygens (including phenoxy) is 2. The summed E-state index contributed by atoms with van der Waals surface area (Å²) in [5.41, 5.74) is 8.33. The van der Waals surface area contributed by atoms with E-state index < -0.39 is 11.9 Å². The van der Waals surface area contributed by atoms with Crippen molar-refractivity contribution < 1.29 is 14.3 Å². The summed E-state index contributed by atoms with van der Waals surface area (Å²) in [6.07, 6.45) is 3.33. The Morgan fingerprint density at radius 2 is 1.86 bits per heavy atom. The van der Waals surface area contributed by atoms with Crippen molar-refractivity contribution in [2.24, 2.45) is 5.73 Å². The van der Waals surface area contributed by atoms with Crippen LogP contribution in [0.1, 0.15) is 18.5 Å². The van der Waals surface area contributed by atoms with Gasteiger partial charge in [-0.25, -0.2) is 4.68 Å². The fraction of sp³-hybridized carbons (Fsp3) is 0.200. The predicted molar refractivity (Wildman–Crippen MR) is 106 cm³/mol. The number of hydrogen-bond donors (Lipinski definition) is 2. The summed E-state index contributed by atoms with van der Waals surface area (Å²) < 4.78 is 12.3. The molecule has 0 aliphatic carbocycles. The molecule has 4 rings (SSSR count). The molecule has 0 saturated carbocycles. The maximum atomic E-state index is 12.2. The highest BCUT2D eigenvalue weighted by molar-refractivity contribution is 5.95. The third-order valence-corrected chi connectivity index (χ3v) is 4.78. The van der Waals surface area contributed by atoms with Gasteiger partial charge in [-0.1, -0.05) is 0 Å². The number of nitrogens with zero attached hydrogens (tertiary/aromatic N) is 4. The maximum Gasteiger partial charge on any atom is 0.248 e. The first kappa shape index (κ1) is 18.5. The van der Waals surface area contributed by atoms with Crippen LogP contribution in [0.4, 0.5) is 5.95 Å². The zero-order valence-electron chi connectivity index (χ0n) is 16.2. The molecule has 0 fully saturated rings. The average molecular weight is 392 g/mol. The Bertz CT molecular complexity index is 1110. The fourth-order valence-corrected chi connectivity index (χ4v) is 3.42. The molecule has 3 N–H and O–H groups in total. The molecule has 1 aliphatic heterocycles. The number of primary amides is 1. The topological polar surface area (TPSA) is 117 Å². The number of hydrogen-bond acceptors (Lipinski definition) is 7. The van der Waals surface area contributed by atoms with E-state index in [4.69, 9.17) is 15.2 Å². The number of carbonyl (C=O) groups is 1. The Morgan fingerprint density at radius 1 is 1.14 bits per heavy atom. The van der Waals surface area contributed by atoms with Gasteiger partial charge in [0.2, 0.25) is 11.9 Å². The van der Waals surface area contributed by atoms with Gasteiger partial charge < -0.3 is 20.5 Å². The Labute approximate surface area is 167 Å². The molecule has 2 aromatic heterocycles. The molecular weight excluding hydrogens is 372 g/mol. The van der Waals surface area contributed by atoms with E-state index in [1.54, 1.807) is 50.4 Å². The molecule has 1 atom stereocenters. The van der Waals surface area contributed by atoms with Crippen LogP contribution < -0.4 is 20.5 Å². The monoisotopic (exact) mass is 392 g/mol. The number of allylic oxidation sites excluding steroid dienone is 1. The lowest BCUT2D eigenvalue weighted by Gasteiger charge is -2.27. The first-order valence-electron chi connectivity index (χ1n) is 8.90. The molecule has 148 valence electrons. The number of amides is 1. The third kappa shape index (κ3) is 3.16. The number of nitrogens with two attached hydrogens (primary N) is 1. The molecular formula is C20H20N6O3. The number of nitrogens with one attached hydrogen (secondary N) is 1. The lowest BCUT2D eigenvalue weighted by Crippen LogP contribution is -2.31. The SMILES string of the molecule is COc1ccc(-c2nc3n(n2)[C@@H](c2ccncc2)C(C(N)=O)=C(C)N3)cc1OC. The zero-order chi connectivity index (χ0) is 20.5. The van der Waals surface area contributed by atoms with Crippen molar-refractivity contribution in [3.8, 4) is 22.9 Å². The summed E-state index contributed by atoms with van der Waals surface area (Å²) in [6, 6.07) is 8.59. The molecule has 1 aliphatic rings. The number of aromatic nitrogens is 4. The molecule has 9 heteroatoms. The zero-order valence-corrected chi connectivity index (χ0v) is 16.2. The molecule has 1 aromatic carbocycles. The van der Waals surface area contributed by atoms with E-state index in [9.17, 15) is 4.79 Å². The predicted octanol–water partition coefficient (Wildman–Crippen LogP) is 2.13. The maximum absolute atomic E-state index is 12.2. The van der Waals surface area contributed by atoms with Gasteiger partial charge >= 0.3 is 0 Å². The van der Waals surface area contributed by atoms with E-state index >= 15 is 0 Å². The molecule has 1 amide bonds. The summed E-state index contributed by atoms with van der Waals surface area (Å²) in [7, 11) is 3.15. The number of carbonyl (C=O) groups excluding carboxylic acids is 1. The summed E-state index contributed by atoms with van der Waals surface area (Å²) in [4.78, 5) is 20.9. The Hall–Kier alpha value is -3.88. The van der Waals surface area contributed by atoms with Gasteiger partial charge in [0.15, 0.2) is 17.3 Å². The minimum atomic E-state index is -0.523. The van der Waals surface area contributed by atoms with E-state index in [0.717, 1.165) is 11.1 Å². The Kier molecular flexibility index (Phi) is 4.63. The molecule has 0 saturated heterocycles. The molecule has 0 radical (unpaired) electrons. The molecule has 3 heterocycles. The van der Waals surface area contributed by atoms with Gasteiger partial charge in [-0.15, -0.1) is 5.10 Å². The second kappa shape index (κ2) is 7.27. The summed E-state index contributed by atoms with van der Waals surface area (Å²) in [5.74, 6) is 1.65. The molecule has 3 aromatic rings. The average Bonchev–Trinajstić information content (AvgIpc) is 3.16. The van der Waals surface area contributed by atoms with Crippen LogP contribution in [0.15, 0.2) is 54.0 Å². The van der Waals surface area contributed by atoms with Crippen LogP contribution in [0.2, 0.25) is 0 Å². The highest BCUT2D eigenvalue weighted by atomic mass is 16.5. The molecule has 0 unspecified atom stereocenters. The van der Waals surface area contributed by atoms with Crippen LogP contribution in [0.3, 0.4) is 0 Å². The van der Waals surface area contributed by atoms with Crippen molar-refractivity contribution in [3.05, 3.63) is 59.6 Å². The van der Waals surface area contributed by atoms with Crippen LogP contribution in [0.5, 0.6) is 11.5 Å². The number of benzene rings is 1. The fourth-order valence-electron chi connectivity index (χ4n) is 3.42. The van der Waals surface area contributed by atoms with Crippen molar-refractivity contribution in [2.75, 3.05) is 19.5 Å². The van der Waals surface area contributed by atoms with Crippen LogP contribution >= 0.6 is 0 Å². The Balaban J connectivity index is 1.84. The summed E-state index contributed by atoms with van der Waals surface area (Å²) in [5, 5.41) is 7.79. The quantitative estimate of drug-likeness (QED) is 0.683.